The van der Waals surface area contributed by atoms with Gasteiger partial charge >= 0.3 is 0 Å². The second-order valence-electron chi connectivity index (χ2n) is 6.36. The molecular weight excluding hydrogens is 332 g/mol. The van der Waals surface area contributed by atoms with Gasteiger partial charge in [0.2, 0.25) is 5.91 Å². The molecule has 0 aliphatic carbocycles. The van der Waals surface area contributed by atoms with Crippen LogP contribution in [0, 0.1) is 5.92 Å². The molecule has 3 rings (SSSR count). The number of rotatable bonds is 5. The minimum absolute atomic E-state index is 0.00687. The summed E-state index contributed by atoms with van der Waals surface area (Å²) in [6, 6.07) is 9.79. The van der Waals surface area contributed by atoms with E-state index in [2.05, 4.69) is 35.0 Å². The monoisotopic (exact) mass is 354 g/mol. The molecule has 0 aromatic heterocycles. The van der Waals surface area contributed by atoms with E-state index in [9.17, 15) is 13.2 Å². The predicted octanol–water partition coefficient (Wildman–Crippen LogP) is 0.720. The van der Waals surface area contributed by atoms with Crippen LogP contribution in [0.4, 0.5) is 0 Å². The van der Waals surface area contributed by atoms with Crippen LogP contribution in [-0.2, 0) is 21.2 Å². The first-order chi connectivity index (χ1) is 11.0. The lowest BCUT2D eigenvalue weighted by Gasteiger charge is -2.21. The van der Waals surface area contributed by atoms with Gasteiger partial charge in [0, 0.05) is 38.0 Å². The van der Waals surface area contributed by atoms with Crippen LogP contribution >= 0.6 is 12.6 Å². The van der Waals surface area contributed by atoms with Crippen molar-refractivity contribution in [1.29, 1.82) is 0 Å². The van der Waals surface area contributed by atoms with Gasteiger partial charge in [-0.15, -0.1) is 0 Å². The second-order valence-corrected chi connectivity index (χ2v) is 9.07. The highest BCUT2D eigenvalue weighted by Gasteiger charge is 2.52. The Kier molecular flexibility index (Phi) is 4.98. The molecule has 1 aromatic carbocycles. The molecule has 1 N–H and O–H groups in total. The summed E-state index contributed by atoms with van der Waals surface area (Å²) in [6.07, 6.45) is 0.324. The van der Waals surface area contributed by atoms with Crippen LogP contribution in [0.1, 0.15) is 12.0 Å². The predicted molar refractivity (Wildman–Crippen MR) is 93.2 cm³/mol. The van der Waals surface area contributed by atoms with Gasteiger partial charge in [-0.05, 0) is 11.3 Å². The molecule has 3 unspecified atom stereocenters. The van der Waals surface area contributed by atoms with E-state index in [1.807, 2.05) is 18.2 Å². The average molecular weight is 354 g/mol. The van der Waals surface area contributed by atoms with E-state index < -0.39 is 9.84 Å². The topological polar surface area (TPSA) is 66.5 Å². The third-order valence-corrected chi connectivity index (χ3v) is 7.18. The van der Waals surface area contributed by atoms with Crippen molar-refractivity contribution in [3.8, 4) is 0 Å². The number of thiol groups is 1. The van der Waals surface area contributed by atoms with E-state index in [-0.39, 0.29) is 28.9 Å². The number of nitrogens with zero attached hydrogens (tertiary/aromatic N) is 1. The van der Waals surface area contributed by atoms with Crippen LogP contribution < -0.4 is 5.32 Å². The molecule has 0 saturated carbocycles. The number of amides is 1. The number of carbonyl (C=O) groups is 1. The van der Waals surface area contributed by atoms with Crippen LogP contribution in [0.15, 0.2) is 30.3 Å². The van der Waals surface area contributed by atoms with E-state index in [1.165, 1.54) is 5.56 Å². The Balaban J connectivity index is 1.68. The molecule has 0 spiro atoms. The van der Waals surface area contributed by atoms with Gasteiger partial charge in [0.1, 0.15) is 0 Å². The van der Waals surface area contributed by atoms with Gasteiger partial charge in [0.15, 0.2) is 9.84 Å². The highest BCUT2D eigenvalue weighted by atomic mass is 32.2. The number of benzene rings is 1. The average Bonchev–Trinajstić information content (AvgIpc) is 3.00. The maximum Gasteiger partial charge on any atom is 0.221 e. The fourth-order valence-corrected chi connectivity index (χ4v) is 6.17. The molecule has 126 valence electrons. The molecule has 2 saturated heterocycles. The van der Waals surface area contributed by atoms with Gasteiger partial charge in [-0.1, -0.05) is 30.3 Å². The molecule has 1 aromatic rings. The minimum Gasteiger partial charge on any atom is -0.352 e. The zero-order chi connectivity index (χ0) is 16.4. The summed E-state index contributed by atoms with van der Waals surface area (Å²) < 4.78 is 24.8. The van der Waals surface area contributed by atoms with Crippen molar-refractivity contribution in [2.24, 2.45) is 5.92 Å². The molecule has 7 heteroatoms. The zero-order valence-corrected chi connectivity index (χ0v) is 14.6. The number of hydrogen-bond acceptors (Lipinski definition) is 5. The van der Waals surface area contributed by atoms with Crippen molar-refractivity contribution in [2.45, 2.75) is 24.3 Å². The van der Waals surface area contributed by atoms with E-state index in [4.69, 9.17) is 0 Å². The van der Waals surface area contributed by atoms with Gasteiger partial charge in [-0.2, -0.15) is 12.6 Å². The van der Waals surface area contributed by atoms with Crippen LogP contribution in [0.2, 0.25) is 0 Å². The van der Waals surface area contributed by atoms with Crippen molar-refractivity contribution < 1.29 is 13.2 Å². The SMILES string of the molecule is O=C(CCS)NC1CS(=O)(=O)C2CN(Cc3ccccc3)CC12. The van der Waals surface area contributed by atoms with E-state index in [0.717, 1.165) is 6.54 Å². The third kappa shape index (κ3) is 3.72. The fraction of sp³-hybridized carbons (Fsp3) is 0.562. The highest BCUT2D eigenvalue weighted by molar-refractivity contribution is 7.92. The number of fused-ring (bicyclic) bond motifs is 1. The quantitative estimate of drug-likeness (QED) is 0.765. The Morgan fingerprint density at radius 3 is 2.70 bits per heavy atom. The van der Waals surface area contributed by atoms with Crippen LogP contribution in [0.25, 0.3) is 0 Å². The molecule has 0 bridgehead atoms. The molecular formula is C16H22N2O3S2. The summed E-state index contributed by atoms with van der Waals surface area (Å²) in [5, 5.41) is 2.54. The molecule has 2 aliphatic rings. The fourth-order valence-electron chi connectivity index (χ4n) is 3.64. The van der Waals surface area contributed by atoms with Gasteiger partial charge < -0.3 is 5.32 Å². The molecule has 0 radical (unpaired) electrons. The zero-order valence-electron chi connectivity index (χ0n) is 12.9. The largest absolute Gasteiger partial charge is 0.352 e. The first kappa shape index (κ1) is 16.8. The first-order valence-corrected chi connectivity index (χ1v) is 10.2. The van der Waals surface area contributed by atoms with Crippen molar-refractivity contribution in [3.63, 3.8) is 0 Å². The molecule has 5 nitrogen and oxygen atoms in total. The molecule has 3 atom stereocenters. The lowest BCUT2D eigenvalue weighted by atomic mass is 10.0. The van der Waals surface area contributed by atoms with Crippen molar-refractivity contribution in [1.82, 2.24) is 10.2 Å². The molecule has 1 amide bonds. The normalized spacial score (nSPS) is 29.3. The number of carbonyl (C=O) groups excluding carboxylic acids is 1. The van der Waals surface area contributed by atoms with Crippen LogP contribution in [-0.4, -0.2) is 55.1 Å². The summed E-state index contributed by atoms with van der Waals surface area (Å²) in [7, 11) is -3.13. The minimum atomic E-state index is -3.13. The van der Waals surface area contributed by atoms with Gasteiger partial charge in [-0.25, -0.2) is 8.42 Å². The summed E-state index contributed by atoms with van der Waals surface area (Å²) in [6.45, 7) is 2.02. The smallest absolute Gasteiger partial charge is 0.221 e. The molecule has 2 fully saturated rings. The maximum atomic E-state index is 12.4. The maximum absolute atomic E-state index is 12.4. The first-order valence-electron chi connectivity index (χ1n) is 7.87. The number of nitrogens with one attached hydrogen (secondary N) is 1. The standard InChI is InChI=1S/C16H22N2O3S2/c19-16(6-7-22)17-14-11-23(20,21)15-10-18(9-13(14)15)8-12-4-2-1-3-5-12/h1-5,13-15,22H,6-11H2,(H,17,19). The molecule has 2 aliphatic heterocycles. The molecule has 23 heavy (non-hydrogen) atoms. The van der Waals surface area contributed by atoms with Gasteiger partial charge in [0.25, 0.3) is 0 Å². The van der Waals surface area contributed by atoms with E-state index >= 15 is 0 Å². The Hall–Kier alpha value is -1.05. The van der Waals surface area contributed by atoms with E-state index in [0.29, 0.717) is 25.3 Å². The van der Waals surface area contributed by atoms with Crippen molar-refractivity contribution in [2.75, 3.05) is 24.6 Å². The molecule has 2 heterocycles. The lowest BCUT2D eigenvalue weighted by Crippen LogP contribution is -2.42. The third-order valence-electron chi connectivity index (χ3n) is 4.71. The summed E-state index contributed by atoms with van der Waals surface area (Å²) in [5.41, 5.74) is 1.18. The van der Waals surface area contributed by atoms with Crippen molar-refractivity contribution >= 4 is 28.4 Å². The van der Waals surface area contributed by atoms with Gasteiger partial charge in [-0.3, -0.25) is 9.69 Å². The summed E-state index contributed by atoms with van der Waals surface area (Å²) in [5.74, 6) is 0.425. The summed E-state index contributed by atoms with van der Waals surface area (Å²) in [4.78, 5) is 14.0. The number of likely N-dealkylation sites (tertiary alicyclic amines) is 1. The second kappa shape index (κ2) is 6.83. The van der Waals surface area contributed by atoms with Gasteiger partial charge in [0.05, 0.1) is 11.0 Å². The van der Waals surface area contributed by atoms with Crippen LogP contribution in [0.3, 0.4) is 0 Å². The lowest BCUT2D eigenvalue weighted by molar-refractivity contribution is -0.121. The number of hydrogen-bond donors (Lipinski definition) is 2. The Morgan fingerprint density at radius 1 is 1.26 bits per heavy atom. The Labute approximate surface area is 142 Å². The number of sulfone groups is 1. The van der Waals surface area contributed by atoms with Crippen molar-refractivity contribution in [3.05, 3.63) is 35.9 Å². The highest BCUT2D eigenvalue weighted by Crippen LogP contribution is 2.34. The van der Waals surface area contributed by atoms with E-state index in [1.54, 1.807) is 0 Å². The van der Waals surface area contributed by atoms with Crippen LogP contribution in [0.5, 0.6) is 0 Å². The Morgan fingerprint density at radius 2 is 2.00 bits per heavy atom. The Bertz CT molecular complexity index is 663. The summed E-state index contributed by atoms with van der Waals surface area (Å²) >= 11 is 4.05.